The largest absolute Gasteiger partial charge is 0.479 e. The number of aromatic nitrogens is 2. The monoisotopic (exact) mass is 384 g/mol. The molecule has 1 aliphatic rings. The van der Waals surface area contributed by atoms with E-state index < -0.39 is 17.9 Å². The predicted octanol–water partition coefficient (Wildman–Crippen LogP) is 1.89. The molecule has 148 valence electrons. The number of benzene rings is 1. The van der Waals surface area contributed by atoms with Gasteiger partial charge in [-0.3, -0.25) is 14.3 Å². The summed E-state index contributed by atoms with van der Waals surface area (Å²) in [7, 11) is 0. The highest BCUT2D eigenvalue weighted by atomic mass is 16.4. The van der Waals surface area contributed by atoms with Crippen LogP contribution in [0.2, 0.25) is 0 Å². The molecule has 1 aromatic heterocycles. The lowest BCUT2D eigenvalue weighted by Gasteiger charge is -2.22. The van der Waals surface area contributed by atoms with Crippen LogP contribution in [0.1, 0.15) is 54.1 Å². The average molecular weight is 384 g/mol. The predicted molar refractivity (Wildman–Crippen MR) is 102 cm³/mol. The van der Waals surface area contributed by atoms with E-state index in [2.05, 4.69) is 15.7 Å². The number of carbonyl (C=O) groups is 3. The van der Waals surface area contributed by atoms with Gasteiger partial charge < -0.3 is 15.7 Å². The molecule has 0 saturated heterocycles. The van der Waals surface area contributed by atoms with Crippen molar-refractivity contribution in [3.05, 3.63) is 53.9 Å². The maximum absolute atomic E-state index is 12.4. The SMILES string of the molecule is O=C(Cn1cc(C(=O)N[C@H](C(=O)O)c2ccccc2)cn1)NC1CCCCC1. The Balaban J connectivity index is 1.58. The van der Waals surface area contributed by atoms with Crippen LogP contribution in [0, 0.1) is 0 Å². The zero-order valence-electron chi connectivity index (χ0n) is 15.5. The van der Waals surface area contributed by atoms with Crippen LogP contribution in [0.5, 0.6) is 0 Å². The van der Waals surface area contributed by atoms with Crippen LogP contribution in [0.25, 0.3) is 0 Å². The Kier molecular flexibility index (Phi) is 6.41. The van der Waals surface area contributed by atoms with Crippen molar-refractivity contribution >= 4 is 17.8 Å². The minimum Gasteiger partial charge on any atom is -0.479 e. The second-order valence-corrected chi connectivity index (χ2v) is 6.98. The topological polar surface area (TPSA) is 113 Å². The van der Waals surface area contributed by atoms with Gasteiger partial charge in [0.15, 0.2) is 6.04 Å². The number of hydrogen-bond acceptors (Lipinski definition) is 4. The zero-order chi connectivity index (χ0) is 19.9. The molecule has 1 aliphatic carbocycles. The number of carboxylic acid groups (broad SMARTS) is 1. The molecular weight excluding hydrogens is 360 g/mol. The highest BCUT2D eigenvalue weighted by molar-refractivity contribution is 5.96. The Labute approximate surface area is 162 Å². The Morgan fingerprint density at radius 1 is 1.14 bits per heavy atom. The first kappa shape index (κ1) is 19.6. The third kappa shape index (κ3) is 5.18. The number of hydrogen-bond donors (Lipinski definition) is 3. The third-order valence-electron chi connectivity index (χ3n) is 4.83. The van der Waals surface area contributed by atoms with Crippen molar-refractivity contribution in [2.75, 3.05) is 0 Å². The van der Waals surface area contributed by atoms with E-state index in [-0.39, 0.29) is 24.1 Å². The van der Waals surface area contributed by atoms with E-state index in [0.717, 1.165) is 25.7 Å². The average Bonchev–Trinajstić information content (AvgIpc) is 3.15. The Hall–Kier alpha value is -3.16. The van der Waals surface area contributed by atoms with Crippen molar-refractivity contribution in [1.29, 1.82) is 0 Å². The molecule has 8 nitrogen and oxygen atoms in total. The van der Waals surface area contributed by atoms with Crippen LogP contribution in [-0.4, -0.2) is 38.7 Å². The van der Waals surface area contributed by atoms with Gasteiger partial charge in [0.25, 0.3) is 5.91 Å². The first-order valence-electron chi connectivity index (χ1n) is 9.43. The summed E-state index contributed by atoms with van der Waals surface area (Å²) in [6.07, 6.45) is 8.23. The van der Waals surface area contributed by atoms with Crippen molar-refractivity contribution < 1.29 is 19.5 Å². The first-order chi connectivity index (χ1) is 13.5. The van der Waals surface area contributed by atoms with Crippen molar-refractivity contribution in [3.63, 3.8) is 0 Å². The Bertz CT molecular complexity index is 828. The summed E-state index contributed by atoms with van der Waals surface area (Å²) in [6, 6.07) is 7.51. The fourth-order valence-corrected chi connectivity index (χ4v) is 3.38. The van der Waals surface area contributed by atoms with E-state index >= 15 is 0 Å². The number of nitrogens with one attached hydrogen (secondary N) is 2. The summed E-state index contributed by atoms with van der Waals surface area (Å²) in [5.74, 6) is -1.86. The molecule has 2 amide bonds. The van der Waals surface area contributed by atoms with Gasteiger partial charge in [-0.2, -0.15) is 5.10 Å². The molecule has 3 rings (SSSR count). The highest BCUT2D eigenvalue weighted by Crippen LogP contribution is 2.17. The second-order valence-electron chi connectivity index (χ2n) is 6.98. The van der Waals surface area contributed by atoms with Crippen molar-refractivity contribution in [3.8, 4) is 0 Å². The molecule has 28 heavy (non-hydrogen) atoms. The van der Waals surface area contributed by atoms with Crippen molar-refractivity contribution in [1.82, 2.24) is 20.4 Å². The van der Waals surface area contributed by atoms with E-state index in [4.69, 9.17) is 0 Å². The summed E-state index contributed by atoms with van der Waals surface area (Å²) in [5, 5.41) is 18.9. The molecule has 1 saturated carbocycles. The Morgan fingerprint density at radius 3 is 2.54 bits per heavy atom. The van der Waals surface area contributed by atoms with E-state index in [9.17, 15) is 19.5 Å². The summed E-state index contributed by atoms with van der Waals surface area (Å²) >= 11 is 0. The van der Waals surface area contributed by atoms with Crippen LogP contribution >= 0.6 is 0 Å². The molecule has 1 heterocycles. The number of rotatable bonds is 7. The van der Waals surface area contributed by atoms with Crippen LogP contribution in [0.4, 0.5) is 0 Å². The standard InChI is InChI=1S/C20H24N4O4/c25-17(22-16-9-5-2-6-10-16)13-24-12-15(11-21-24)19(26)23-18(20(27)28)14-7-3-1-4-8-14/h1,3-4,7-8,11-12,16,18H,2,5-6,9-10,13H2,(H,22,25)(H,23,26)(H,27,28)/t18-/m0/s1. The normalized spacial score (nSPS) is 15.6. The summed E-state index contributed by atoms with van der Waals surface area (Å²) in [5.41, 5.74) is 0.676. The molecule has 0 aliphatic heterocycles. The van der Waals surface area contributed by atoms with Gasteiger partial charge in [0.1, 0.15) is 6.54 Å². The quantitative estimate of drug-likeness (QED) is 0.675. The number of aliphatic carboxylic acids is 1. The molecule has 1 fully saturated rings. The summed E-state index contributed by atoms with van der Waals surface area (Å²) < 4.78 is 1.38. The number of carboxylic acids is 1. The van der Waals surface area contributed by atoms with Crippen LogP contribution in [0.3, 0.4) is 0 Å². The van der Waals surface area contributed by atoms with Crippen LogP contribution < -0.4 is 10.6 Å². The van der Waals surface area contributed by atoms with Gasteiger partial charge in [0.05, 0.1) is 11.8 Å². The van der Waals surface area contributed by atoms with Gasteiger partial charge in [-0.1, -0.05) is 49.6 Å². The van der Waals surface area contributed by atoms with Gasteiger partial charge in [-0.15, -0.1) is 0 Å². The van der Waals surface area contributed by atoms with Gasteiger partial charge in [0.2, 0.25) is 5.91 Å². The lowest BCUT2D eigenvalue weighted by molar-refractivity contribution is -0.139. The van der Waals surface area contributed by atoms with E-state index in [1.165, 1.54) is 23.5 Å². The van der Waals surface area contributed by atoms with Crippen LogP contribution in [0.15, 0.2) is 42.7 Å². The van der Waals surface area contributed by atoms with E-state index in [1.807, 2.05) is 0 Å². The van der Waals surface area contributed by atoms with Gasteiger partial charge in [-0.05, 0) is 18.4 Å². The van der Waals surface area contributed by atoms with E-state index in [1.54, 1.807) is 30.3 Å². The van der Waals surface area contributed by atoms with Gasteiger partial charge in [-0.25, -0.2) is 4.79 Å². The van der Waals surface area contributed by atoms with Crippen molar-refractivity contribution in [2.45, 2.75) is 50.7 Å². The maximum atomic E-state index is 12.4. The molecule has 8 heteroatoms. The maximum Gasteiger partial charge on any atom is 0.330 e. The fraction of sp³-hybridized carbons (Fsp3) is 0.400. The van der Waals surface area contributed by atoms with E-state index in [0.29, 0.717) is 5.56 Å². The van der Waals surface area contributed by atoms with Gasteiger partial charge in [0, 0.05) is 12.2 Å². The molecule has 0 bridgehead atoms. The number of carbonyl (C=O) groups excluding carboxylic acids is 2. The van der Waals surface area contributed by atoms with Gasteiger partial charge >= 0.3 is 5.97 Å². The smallest absolute Gasteiger partial charge is 0.330 e. The molecule has 0 radical (unpaired) electrons. The number of amides is 2. The lowest BCUT2D eigenvalue weighted by atomic mass is 9.95. The summed E-state index contributed by atoms with van der Waals surface area (Å²) in [4.78, 5) is 36.1. The van der Waals surface area contributed by atoms with Crippen molar-refractivity contribution in [2.24, 2.45) is 0 Å². The second kappa shape index (κ2) is 9.16. The molecule has 3 N–H and O–H groups in total. The molecule has 1 atom stereocenters. The van der Waals surface area contributed by atoms with Crippen LogP contribution in [-0.2, 0) is 16.1 Å². The third-order valence-corrected chi connectivity index (χ3v) is 4.83. The lowest BCUT2D eigenvalue weighted by Crippen LogP contribution is -2.38. The minimum absolute atomic E-state index is 0.0187. The summed E-state index contributed by atoms with van der Waals surface area (Å²) in [6.45, 7) is 0.0187. The molecule has 2 aromatic rings. The minimum atomic E-state index is -1.16. The Morgan fingerprint density at radius 2 is 1.86 bits per heavy atom. The molecule has 0 unspecified atom stereocenters. The molecule has 0 spiro atoms. The fourth-order valence-electron chi connectivity index (χ4n) is 3.38. The number of nitrogens with zero attached hydrogens (tertiary/aromatic N) is 2. The zero-order valence-corrected chi connectivity index (χ0v) is 15.5. The highest BCUT2D eigenvalue weighted by Gasteiger charge is 2.23. The first-order valence-corrected chi connectivity index (χ1v) is 9.43. The molecule has 1 aromatic carbocycles. The molecular formula is C20H24N4O4.